The Hall–Kier alpha value is 0.140. The van der Waals surface area contributed by atoms with Crippen LogP contribution in [0.4, 0.5) is 0 Å². The number of hydrogen-bond donors (Lipinski definition) is 1. The summed E-state index contributed by atoms with van der Waals surface area (Å²) in [6.45, 7) is 0. The molecule has 2 nitrogen and oxygen atoms in total. The van der Waals surface area contributed by atoms with Crippen LogP contribution < -0.4 is 5.32 Å². The van der Waals surface area contributed by atoms with Gasteiger partial charge in [-0.2, -0.15) is 0 Å². The first-order valence-corrected chi connectivity index (χ1v) is 4.57. The quantitative estimate of drug-likeness (QED) is 0.513. The van der Waals surface area contributed by atoms with Crippen molar-refractivity contribution in [2.75, 3.05) is 6.26 Å². The van der Waals surface area contributed by atoms with Crippen LogP contribution in [0.2, 0.25) is 0 Å². The zero-order valence-corrected chi connectivity index (χ0v) is 7.59. The average molecular weight is 197 g/mol. The fraction of sp³-hybridized carbons (Fsp3) is 0.400. The third-order valence-corrected chi connectivity index (χ3v) is 2.63. The maximum Gasteiger partial charge on any atom is 0.256 e. The van der Waals surface area contributed by atoms with E-state index in [4.69, 9.17) is 23.2 Å². The van der Waals surface area contributed by atoms with Crippen LogP contribution in [0.25, 0.3) is 0 Å². The molecule has 0 aliphatic carbocycles. The van der Waals surface area contributed by atoms with E-state index in [-0.39, 0.29) is 0 Å². The highest BCUT2D eigenvalue weighted by Crippen LogP contribution is 2.29. The molecule has 1 aliphatic rings. The zero-order valence-electron chi connectivity index (χ0n) is 5.27. The van der Waals surface area contributed by atoms with Crippen molar-refractivity contribution in [3.05, 3.63) is 11.2 Å². The summed E-state index contributed by atoms with van der Waals surface area (Å²) >= 11 is 12.9. The summed E-state index contributed by atoms with van der Waals surface area (Å²) < 4.78 is -0.800. The predicted molar refractivity (Wildman–Crippen MR) is 47.7 cm³/mol. The van der Waals surface area contributed by atoms with Gasteiger partial charge in [0, 0.05) is 6.21 Å². The second-order valence-electron chi connectivity index (χ2n) is 1.68. The van der Waals surface area contributed by atoms with Crippen LogP contribution in [-0.4, -0.2) is 16.9 Å². The predicted octanol–water partition coefficient (Wildman–Crippen LogP) is 1.95. The number of alkyl halides is 1. The third-order valence-electron chi connectivity index (χ3n) is 1.01. The Bertz CT molecular complexity index is 192. The minimum Gasteiger partial charge on any atom is -0.330 e. The fourth-order valence-electron chi connectivity index (χ4n) is 0.524. The minimum absolute atomic E-state index is 0.513. The summed E-state index contributed by atoms with van der Waals surface area (Å²) in [5.41, 5.74) is 0. The Kier molecular flexibility index (Phi) is 2.50. The molecular formula is C5H6Cl2N2S. The van der Waals surface area contributed by atoms with E-state index < -0.39 is 4.45 Å². The molecule has 0 amide bonds. The van der Waals surface area contributed by atoms with Crippen molar-refractivity contribution in [3.63, 3.8) is 0 Å². The Balaban J connectivity index is 2.71. The van der Waals surface area contributed by atoms with Crippen LogP contribution in [0.1, 0.15) is 0 Å². The number of allylic oxidation sites excluding steroid dienone is 1. The van der Waals surface area contributed by atoms with Crippen molar-refractivity contribution in [2.24, 2.45) is 4.99 Å². The summed E-state index contributed by atoms with van der Waals surface area (Å²) in [4.78, 5) is 3.96. The Morgan fingerprint density at radius 3 is 2.90 bits per heavy atom. The first-order chi connectivity index (χ1) is 4.66. The van der Waals surface area contributed by atoms with Crippen molar-refractivity contribution < 1.29 is 0 Å². The van der Waals surface area contributed by atoms with E-state index in [9.17, 15) is 0 Å². The van der Waals surface area contributed by atoms with E-state index in [0.29, 0.717) is 5.16 Å². The van der Waals surface area contributed by atoms with Gasteiger partial charge in [-0.05, 0) is 12.3 Å². The molecule has 0 spiro atoms. The molecule has 1 aliphatic heterocycles. The molecule has 0 radical (unpaired) electrons. The molecule has 0 aromatic carbocycles. The molecule has 1 heterocycles. The lowest BCUT2D eigenvalue weighted by Crippen LogP contribution is -2.34. The summed E-state index contributed by atoms with van der Waals surface area (Å²) in [5, 5.41) is 3.31. The summed E-state index contributed by atoms with van der Waals surface area (Å²) in [5.74, 6) is 0. The van der Waals surface area contributed by atoms with E-state index in [1.165, 1.54) is 11.8 Å². The number of nitrogens with one attached hydrogen (secondary N) is 1. The molecule has 5 heteroatoms. The molecule has 1 atom stereocenters. The van der Waals surface area contributed by atoms with E-state index in [1.54, 1.807) is 12.3 Å². The van der Waals surface area contributed by atoms with Crippen LogP contribution in [0.5, 0.6) is 0 Å². The van der Waals surface area contributed by atoms with Crippen LogP contribution in [-0.2, 0) is 0 Å². The maximum atomic E-state index is 5.88. The highest BCUT2D eigenvalue weighted by molar-refractivity contribution is 8.01. The monoisotopic (exact) mass is 196 g/mol. The van der Waals surface area contributed by atoms with Gasteiger partial charge in [-0.3, -0.25) is 0 Å². The molecule has 0 saturated carbocycles. The number of aliphatic imine (C=N–C) groups is 1. The van der Waals surface area contributed by atoms with Gasteiger partial charge in [0.15, 0.2) is 0 Å². The molecule has 10 heavy (non-hydrogen) atoms. The highest BCUT2D eigenvalue weighted by atomic mass is 35.5. The van der Waals surface area contributed by atoms with Gasteiger partial charge in [0.25, 0.3) is 4.45 Å². The normalized spacial score (nSPS) is 31.3. The van der Waals surface area contributed by atoms with E-state index in [1.807, 2.05) is 6.26 Å². The second kappa shape index (κ2) is 3.03. The fourth-order valence-corrected chi connectivity index (χ4v) is 1.36. The molecule has 0 saturated heterocycles. The van der Waals surface area contributed by atoms with Crippen molar-refractivity contribution in [1.82, 2.24) is 5.32 Å². The van der Waals surface area contributed by atoms with Gasteiger partial charge in [0.05, 0.1) is 0 Å². The lowest BCUT2D eigenvalue weighted by Gasteiger charge is -2.23. The van der Waals surface area contributed by atoms with Gasteiger partial charge < -0.3 is 5.32 Å². The number of hydrogen-bond acceptors (Lipinski definition) is 3. The largest absolute Gasteiger partial charge is 0.330 e. The SMILES string of the molecule is CSC1(Cl)N=CC=C(Cl)N1. The molecule has 0 aromatic rings. The first-order valence-electron chi connectivity index (χ1n) is 2.59. The van der Waals surface area contributed by atoms with Crippen molar-refractivity contribution in [1.29, 1.82) is 0 Å². The van der Waals surface area contributed by atoms with Gasteiger partial charge in [-0.1, -0.05) is 35.0 Å². The van der Waals surface area contributed by atoms with E-state index in [0.717, 1.165) is 0 Å². The number of nitrogens with zero attached hydrogens (tertiary/aromatic N) is 1. The van der Waals surface area contributed by atoms with Crippen LogP contribution >= 0.6 is 35.0 Å². The third kappa shape index (κ3) is 1.81. The standard InChI is InChI=1S/C5H6Cl2N2S/c1-10-5(7)8-3-2-4(6)9-5/h2-3,9H,1H3. The molecule has 0 bridgehead atoms. The second-order valence-corrected chi connectivity index (χ2v) is 3.86. The maximum absolute atomic E-state index is 5.88. The van der Waals surface area contributed by atoms with E-state index >= 15 is 0 Å². The minimum atomic E-state index is -0.800. The number of rotatable bonds is 1. The summed E-state index contributed by atoms with van der Waals surface area (Å²) in [7, 11) is 0. The topological polar surface area (TPSA) is 24.4 Å². The van der Waals surface area contributed by atoms with Crippen LogP contribution in [0.3, 0.4) is 0 Å². The van der Waals surface area contributed by atoms with Gasteiger partial charge in [0.2, 0.25) is 0 Å². The van der Waals surface area contributed by atoms with Crippen molar-refractivity contribution >= 4 is 41.2 Å². The average Bonchev–Trinajstić information content (AvgIpc) is 1.88. The molecule has 1 N–H and O–H groups in total. The Labute approximate surface area is 73.7 Å². The van der Waals surface area contributed by atoms with Gasteiger partial charge in [-0.25, -0.2) is 4.99 Å². The molecule has 0 aromatic heterocycles. The smallest absolute Gasteiger partial charge is 0.256 e. The Morgan fingerprint density at radius 2 is 2.50 bits per heavy atom. The van der Waals surface area contributed by atoms with Crippen molar-refractivity contribution in [3.8, 4) is 0 Å². The van der Waals surface area contributed by atoms with Crippen LogP contribution in [0, 0.1) is 0 Å². The number of thioether (sulfide) groups is 1. The summed E-state index contributed by atoms with van der Waals surface area (Å²) in [6, 6.07) is 0. The molecular weight excluding hydrogens is 191 g/mol. The molecule has 1 rings (SSSR count). The lowest BCUT2D eigenvalue weighted by molar-refractivity contribution is 0.735. The van der Waals surface area contributed by atoms with Gasteiger partial charge in [-0.15, -0.1) is 0 Å². The first kappa shape index (κ1) is 8.24. The van der Waals surface area contributed by atoms with Crippen molar-refractivity contribution in [2.45, 2.75) is 4.45 Å². The zero-order chi connectivity index (χ0) is 7.61. The highest BCUT2D eigenvalue weighted by Gasteiger charge is 2.25. The van der Waals surface area contributed by atoms with Gasteiger partial charge in [0.1, 0.15) is 5.16 Å². The lowest BCUT2D eigenvalue weighted by atomic mass is 10.6. The number of halogens is 2. The molecule has 0 fully saturated rings. The van der Waals surface area contributed by atoms with E-state index in [2.05, 4.69) is 10.3 Å². The van der Waals surface area contributed by atoms with Crippen LogP contribution in [0.15, 0.2) is 16.2 Å². The molecule has 1 unspecified atom stereocenters. The molecule has 56 valence electrons. The Morgan fingerprint density at radius 1 is 1.80 bits per heavy atom. The summed E-state index contributed by atoms with van der Waals surface area (Å²) in [6.07, 6.45) is 5.09. The van der Waals surface area contributed by atoms with Gasteiger partial charge >= 0.3 is 0 Å².